The number of anilines is 1. The van der Waals surface area contributed by atoms with E-state index in [1.54, 1.807) is 23.1 Å². The minimum Gasteiger partial charge on any atom is -0.377 e. The predicted octanol–water partition coefficient (Wildman–Crippen LogP) is 0.834. The van der Waals surface area contributed by atoms with Crippen molar-refractivity contribution in [3.8, 4) is 0 Å². The summed E-state index contributed by atoms with van der Waals surface area (Å²) in [5.74, 6) is -0.737. The average molecular weight is 512 g/mol. The normalized spacial score (nSPS) is 17.4. The summed E-state index contributed by atoms with van der Waals surface area (Å²) >= 11 is 1.15. The van der Waals surface area contributed by atoms with E-state index in [-0.39, 0.29) is 24.3 Å². The number of carbonyl (C=O) groups is 2. The summed E-state index contributed by atoms with van der Waals surface area (Å²) in [6.45, 7) is 1.22. The molecule has 3 heterocycles. The zero-order chi connectivity index (χ0) is 24.5. The molecular formula is C19H21N5O8S2. The molecule has 13 nitrogen and oxygen atoms in total. The SMILES string of the molecule is CS(=O)(=O)OC1CN(c2nc(C(=O)N(C(=O)OC(c3ccccc3)[N+](=O)[O-])C3CNC3)cs2)C1. The van der Waals surface area contributed by atoms with Gasteiger partial charge in [-0.1, -0.05) is 18.2 Å². The van der Waals surface area contributed by atoms with Crippen LogP contribution in [-0.2, 0) is 19.0 Å². The van der Waals surface area contributed by atoms with Crippen LogP contribution in [0.25, 0.3) is 0 Å². The third-order valence-electron chi connectivity index (χ3n) is 5.17. The molecule has 2 aliphatic heterocycles. The smallest absolute Gasteiger partial charge is 0.377 e. The van der Waals surface area contributed by atoms with Gasteiger partial charge in [0.15, 0.2) is 5.13 Å². The molecule has 4 rings (SSSR count). The van der Waals surface area contributed by atoms with E-state index < -0.39 is 45.4 Å². The van der Waals surface area contributed by atoms with Crippen LogP contribution in [0, 0.1) is 10.1 Å². The van der Waals surface area contributed by atoms with Gasteiger partial charge in [0.2, 0.25) is 0 Å². The number of rotatable bonds is 8. The van der Waals surface area contributed by atoms with E-state index in [2.05, 4.69) is 10.3 Å². The van der Waals surface area contributed by atoms with Gasteiger partial charge in [-0.2, -0.15) is 8.42 Å². The molecule has 2 aromatic rings. The van der Waals surface area contributed by atoms with Crippen molar-refractivity contribution in [3.05, 3.63) is 57.1 Å². The minimum absolute atomic E-state index is 0.0197. The van der Waals surface area contributed by atoms with E-state index in [9.17, 15) is 28.1 Å². The summed E-state index contributed by atoms with van der Waals surface area (Å²) in [4.78, 5) is 43.7. The molecular weight excluding hydrogens is 490 g/mol. The predicted molar refractivity (Wildman–Crippen MR) is 120 cm³/mol. The van der Waals surface area contributed by atoms with Gasteiger partial charge >= 0.3 is 12.3 Å². The molecule has 1 unspecified atom stereocenters. The first-order valence-electron chi connectivity index (χ1n) is 10.1. The fraction of sp³-hybridized carbons (Fsp3) is 0.421. The third-order valence-corrected chi connectivity index (χ3v) is 6.69. The Morgan fingerprint density at radius 2 is 1.97 bits per heavy atom. The number of aromatic nitrogens is 1. The molecule has 1 N–H and O–H groups in total. The lowest BCUT2D eigenvalue weighted by atomic mass is 10.1. The summed E-state index contributed by atoms with van der Waals surface area (Å²) in [5.41, 5.74) is 0.147. The number of imide groups is 1. The molecule has 34 heavy (non-hydrogen) atoms. The molecule has 0 saturated carbocycles. The Morgan fingerprint density at radius 3 is 2.53 bits per heavy atom. The Balaban J connectivity index is 1.46. The van der Waals surface area contributed by atoms with E-state index in [0.29, 0.717) is 18.2 Å². The number of hydrogen-bond acceptors (Lipinski definition) is 12. The molecule has 2 aliphatic rings. The Kier molecular flexibility index (Phi) is 6.79. The second kappa shape index (κ2) is 9.61. The second-order valence-electron chi connectivity index (χ2n) is 7.76. The Hall–Kier alpha value is -3.14. The second-order valence-corrected chi connectivity index (χ2v) is 10.2. The first kappa shape index (κ1) is 24.0. The topological polar surface area (TPSA) is 161 Å². The summed E-state index contributed by atoms with van der Waals surface area (Å²) < 4.78 is 32.5. The Bertz CT molecular complexity index is 1180. The van der Waals surface area contributed by atoms with Crippen molar-refractivity contribution >= 4 is 38.6 Å². The van der Waals surface area contributed by atoms with E-state index in [1.807, 2.05) is 0 Å². The van der Waals surface area contributed by atoms with Gasteiger partial charge in [0, 0.05) is 31.6 Å². The molecule has 1 aromatic heterocycles. The highest BCUT2D eigenvalue weighted by Crippen LogP contribution is 2.28. The van der Waals surface area contributed by atoms with Gasteiger partial charge in [0.05, 0.1) is 22.8 Å². The van der Waals surface area contributed by atoms with Gasteiger partial charge < -0.3 is 15.0 Å². The number of nitro groups is 1. The zero-order valence-electron chi connectivity index (χ0n) is 17.9. The number of nitrogens with zero attached hydrogens (tertiary/aromatic N) is 4. The highest BCUT2D eigenvalue weighted by Gasteiger charge is 2.40. The Morgan fingerprint density at radius 1 is 1.29 bits per heavy atom. The lowest BCUT2D eigenvalue weighted by Gasteiger charge is -2.37. The number of carbonyl (C=O) groups excluding carboxylic acids is 2. The largest absolute Gasteiger partial charge is 0.422 e. The van der Waals surface area contributed by atoms with Gasteiger partial charge in [-0.25, -0.2) is 14.7 Å². The van der Waals surface area contributed by atoms with Crippen molar-refractivity contribution in [1.29, 1.82) is 0 Å². The van der Waals surface area contributed by atoms with Crippen LogP contribution in [-0.4, -0.2) is 79.8 Å². The molecule has 0 bridgehead atoms. The van der Waals surface area contributed by atoms with E-state index in [4.69, 9.17) is 8.92 Å². The lowest BCUT2D eigenvalue weighted by Crippen LogP contribution is -2.61. The van der Waals surface area contributed by atoms with Gasteiger partial charge in [-0.05, 0) is 12.1 Å². The van der Waals surface area contributed by atoms with Gasteiger partial charge in [0.25, 0.3) is 16.0 Å². The first-order chi connectivity index (χ1) is 16.1. The fourth-order valence-electron chi connectivity index (χ4n) is 3.39. The number of thiazole rings is 1. The monoisotopic (exact) mass is 511 g/mol. The number of ether oxygens (including phenoxy) is 1. The quantitative estimate of drug-likeness (QED) is 0.231. The van der Waals surface area contributed by atoms with Crippen LogP contribution in [0.4, 0.5) is 9.93 Å². The molecule has 0 spiro atoms. The first-order valence-corrected chi connectivity index (χ1v) is 12.8. The zero-order valence-corrected chi connectivity index (χ0v) is 19.5. The highest BCUT2D eigenvalue weighted by molar-refractivity contribution is 7.86. The molecule has 182 valence electrons. The van der Waals surface area contributed by atoms with Gasteiger partial charge in [-0.3, -0.25) is 19.1 Å². The fourth-order valence-corrected chi connectivity index (χ4v) is 4.83. The summed E-state index contributed by atoms with van der Waals surface area (Å²) in [6.07, 6.45) is -2.43. The molecule has 2 fully saturated rings. The molecule has 0 radical (unpaired) electrons. The lowest BCUT2D eigenvalue weighted by molar-refractivity contribution is -0.575. The van der Waals surface area contributed by atoms with Crippen LogP contribution in [0.2, 0.25) is 0 Å². The van der Waals surface area contributed by atoms with Crippen LogP contribution in [0.5, 0.6) is 0 Å². The van der Waals surface area contributed by atoms with Gasteiger partial charge in [-0.15, -0.1) is 11.3 Å². The highest BCUT2D eigenvalue weighted by atomic mass is 32.2. The molecule has 2 amide bonds. The average Bonchev–Trinajstić information content (AvgIpc) is 3.19. The van der Waals surface area contributed by atoms with Crippen molar-refractivity contribution in [2.24, 2.45) is 0 Å². The van der Waals surface area contributed by atoms with Crippen molar-refractivity contribution < 1.29 is 31.9 Å². The maximum absolute atomic E-state index is 13.2. The van der Waals surface area contributed by atoms with Crippen LogP contribution in [0.3, 0.4) is 0 Å². The van der Waals surface area contributed by atoms with Crippen LogP contribution < -0.4 is 10.2 Å². The van der Waals surface area contributed by atoms with Crippen molar-refractivity contribution in [3.63, 3.8) is 0 Å². The number of nitrogens with one attached hydrogen (secondary N) is 1. The maximum atomic E-state index is 13.2. The molecule has 15 heteroatoms. The van der Waals surface area contributed by atoms with Crippen molar-refractivity contribution in [1.82, 2.24) is 15.2 Å². The molecule has 2 saturated heterocycles. The summed E-state index contributed by atoms with van der Waals surface area (Å²) in [7, 11) is -3.57. The minimum atomic E-state index is -3.57. The van der Waals surface area contributed by atoms with E-state index >= 15 is 0 Å². The van der Waals surface area contributed by atoms with Crippen molar-refractivity contribution in [2.75, 3.05) is 37.3 Å². The van der Waals surface area contributed by atoms with Crippen LogP contribution in [0.15, 0.2) is 35.7 Å². The Labute approximate surface area is 198 Å². The standard InChI is InChI=1S/C19H21N5O8S2/c1-34(29,30)32-14-9-22(10-14)18-21-15(11-33-18)16(25)23(13-7-20-8-13)19(26)31-17(24(27)28)12-5-3-2-4-6-12/h2-6,11,13-14,17,20H,7-10H2,1H3. The number of amides is 2. The number of benzene rings is 1. The molecule has 1 aromatic carbocycles. The number of hydrogen-bond donors (Lipinski definition) is 1. The maximum Gasteiger partial charge on any atom is 0.422 e. The molecule has 0 aliphatic carbocycles. The van der Waals surface area contributed by atoms with Crippen LogP contribution >= 0.6 is 11.3 Å². The molecule has 1 atom stereocenters. The van der Waals surface area contributed by atoms with Crippen molar-refractivity contribution in [2.45, 2.75) is 18.4 Å². The summed E-state index contributed by atoms with van der Waals surface area (Å²) in [5, 5.41) is 16.4. The van der Waals surface area contributed by atoms with Crippen LogP contribution in [0.1, 0.15) is 22.3 Å². The summed E-state index contributed by atoms with van der Waals surface area (Å²) in [6, 6.07) is 7.21. The third kappa shape index (κ3) is 5.32. The van der Waals surface area contributed by atoms with E-state index in [0.717, 1.165) is 22.5 Å². The van der Waals surface area contributed by atoms with E-state index in [1.165, 1.54) is 17.5 Å². The van der Waals surface area contributed by atoms with Gasteiger partial charge in [0.1, 0.15) is 11.8 Å².